The van der Waals surface area contributed by atoms with E-state index in [1.807, 2.05) is 12.1 Å². The van der Waals surface area contributed by atoms with Crippen LogP contribution in [0.2, 0.25) is 0 Å². The minimum absolute atomic E-state index is 0.233. The Morgan fingerprint density at radius 2 is 1.73 bits per heavy atom. The molecule has 1 aliphatic rings. The van der Waals surface area contributed by atoms with E-state index in [-0.39, 0.29) is 5.82 Å². The number of aromatic amines is 1. The third-order valence-electron chi connectivity index (χ3n) is 4.02. The lowest BCUT2D eigenvalue weighted by molar-refractivity contribution is 0.628. The van der Waals surface area contributed by atoms with Gasteiger partial charge < -0.3 is 4.98 Å². The van der Waals surface area contributed by atoms with E-state index in [4.69, 9.17) is 4.98 Å². The van der Waals surface area contributed by atoms with Gasteiger partial charge in [-0.05, 0) is 55.2 Å². The second-order valence-electron chi connectivity index (χ2n) is 5.80. The molecule has 2 heterocycles. The largest absolute Gasteiger partial charge is 0.341 e. The van der Waals surface area contributed by atoms with E-state index in [9.17, 15) is 4.39 Å². The third kappa shape index (κ3) is 2.64. The van der Waals surface area contributed by atoms with Crippen LogP contribution in [0.15, 0.2) is 48.8 Å². The number of pyridine rings is 1. The molecule has 0 aliphatic heterocycles. The average molecular weight is 293 g/mol. The first-order valence-corrected chi connectivity index (χ1v) is 7.55. The number of hydrogen-bond acceptors (Lipinski definition) is 2. The monoisotopic (exact) mass is 293 g/mol. The number of halogens is 1. The van der Waals surface area contributed by atoms with Crippen LogP contribution in [0.5, 0.6) is 0 Å². The molecule has 1 aliphatic carbocycles. The van der Waals surface area contributed by atoms with Crippen LogP contribution in [-0.4, -0.2) is 15.0 Å². The van der Waals surface area contributed by atoms with Crippen molar-refractivity contribution in [2.24, 2.45) is 5.92 Å². The van der Waals surface area contributed by atoms with Gasteiger partial charge in [0.05, 0.1) is 11.4 Å². The quantitative estimate of drug-likeness (QED) is 0.782. The highest BCUT2D eigenvalue weighted by Crippen LogP contribution is 2.35. The summed E-state index contributed by atoms with van der Waals surface area (Å²) in [5.41, 5.74) is 3.82. The molecule has 4 heteroatoms. The fraction of sp³-hybridized carbons (Fsp3) is 0.222. The Morgan fingerprint density at radius 3 is 2.41 bits per heavy atom. The fourth-order valence-corrected chi connectivity index (χ4v) is 2.66. The van der Waals surface area contributed by atoms with Crippen molar-refractivity contribution in [2.45, 2.75) is 19.3 Å². The van der Waals surface area contributed by atoms with Gasteiger partial charge in [0, 0.05) is 29.9 Å². The Hall–Kier alpha value is -2.49. The second-order valence-corrected chi connectivity index (χ2v) is 5.80. The number of aromatic nitrogens is 3. The van der Waals surface area contributed by atoms with Crippen molar-refractivity contribution in [3.63, 3.8) is 0 Å². The number of H-pyrrole nitrogens is 1. The highest BCUT2D eigenvalue weighted by Gasteiger charge is 2.24. The predicted octanol–water partition coefficient (Wildman–Crippen LogP) is 4.23. The van der Waals surface area contributed by atoms with Crippen molar-refractivity contribution in [1.29, 1.82) is 0 Å². The van der Waals surface area contributed by atoms with Gasteiger partial charge in [0.25, 0.3) is 0 Å². The Labute approximate surface area is 128 Å². The van der Waals surface area contributed by atoms with Crippen LogP contribution in [0.25, 0.3) is 22.5 Å². The van der Waals surface area contributed by atoms with E-state index < -0.39 is 0 Å². The molecule has 1 N–H and O–H groups in total. The Balaban J connectivity index is 1.80. The summed E-state index contributed by atoms with van der Waals surface area (Å²) in [6.45, 7) is 0. The van der Waals surface area contributed by atoms with Gasteiger partial charge in [-0.15, -0.1) is 0 Å². The van der Waals surface area contributed by atoms with Gasteiger partial charge >= 0.3 is 0 Å². The summed E-state index contributed by atoms with van der Waals surface area (Å²) in [4.78, 5) is 12.3. The van der Waals surface area contributed by atoms with Gasteiger partial charge in [0.15, 0.2) is 0 Å². The zero-order valence-electron chi connectivity index (χ0n) is 12.1. The molecule has 1 saturated carbocycles. The summed E-state index contributed by atoms with van der Waals surface area (Å²) in [6.07, 6.45) is 7.10. The Kier molecular flexibility index (Phi) is 3.22. The first kappa shape index (κ1) is 13.2. The molecule has 0 unspecified atom stereocenters. The number of nitrogens with zero attached hydrogens (tertiary/aromatic N) is 2. The standard InChI is InChI=1S/C18H16FN3/c19-15-5-3-13(4-6-15)17-18(14-7-9-20-10-8-14)22-16(21-17)11-12-1-2-12/h3-10,12H,1-2,11H2,(H,21,22). The van der Waals surface area contributed by atoms with Crippen molar-refractivity contribution >= 4 is 0 Å². The maximum absolute atomic E-state index is 13.2. The fourth-order valence-electron chi connectivity index (χ4n) is 2.66. The van der Waals surface area contributed by atoms with Gasteiger partial charge in [0.1, 0.15) is 11.6 Å². The van der Waals surface area contributed by atoms with Crippen molar-refractivity contribution in [3.05, 3.63) is 60.4 Å². The molecule has 0 spiro atoms. The maximum atomic E-state index is 13.2. The number of hydrogen-bond donors (Lipinski definition) is 1. The van der Waals surface area contributed by atoms with Crippen molar-refractivity contribution in [1.82, 2.24) is 15.0 Å². The molecule has 0 bridgehead atoms. The van der Waals surface area contributed by atoms with Gasteiger partial charge in [-0.2, -0.15) is 0 Å². The highest BCUT2D eigenvalue weighted by atomic mass is 19.1. The summed E-state index contributed by atoms with van der Waals surface area (Å²) in [5, 5.41) is 0. The van der Waals surface area contributed by atoms with Gasteiger partial charge in [-0.1, -0.05) is 0 Å². The third-order valence-corrected chi connectivity index (χ3v) is 4.02. The van der Waals surface area contributed by atoms with Gasteiger partial charge in [0.2, 0.25) is 0 Å². The summed E-state index contributed by atoms with van der Waals surface area (Å²) in [6, 6.07) is 10.4. The smallest absolute Gasteiger partial charge is 0.123 e. The highest BCUT2D eigenvalue weighted by molar-refractivity contribution is 5.78. The summed E-state index contributed by atoms with van der Waals surface area (Å²) >= 11 is 0. The van der Waals surface area contributed by atoms with Crippen LogP contribution < -0.4 is 0 Å². The van der Waals surface area contributed by atoms with Gasteiger partial charge in [-0.3, -0.25) is 4.98 Å². The van der Waals surface area contributed by atoms with Crippen LogP contribution in [0.4, 0.5) is 4.39 Å². The molecule has 0 atom stereocenters. The summed E-state index contributed by atoms with van der Waals surface area (Å²) < 4.78 is 13.2. The minimum Gasteiger partial charge on any atom is -0.341 e. The average Bonchev–Trinajstić information content (AvgIpc) is 3.26. The Bertz CT molecular complexity index is 774. The van der Waals surface area contributed by atoms with E-state index in [0.29, 0.717) is 0 Å². The summed E-state index contributed by atoms with van der Waals surface area (Å²) in [7, 11) is 0. The molecule has 110 valence electrons. The number of imidazole rings is 1. The zero-order chi connectivity index (χ0) is 14.9. The predicted molar refractivity (Wildman–Crippen MR) is 83.6 cm³/mol. The molecule has 1 aromatic carbocycles. The number of benzene rings is 1. The number of nitrogens with one attached hydrogen (secondary N) is 1. The topological polar surface area (TPSA) is 41.6 Å². The minimum atomic E-state index is -0.233. The van der Waals surface area contributed by atoms with E-state index in [1.165, 1.54) is 25.0 Å². The maximum Gasteiger partial charge on any atom is 0.123 e. The second kappa shape index (κ2) is 5.37. The lowest BCUT2D eigenvalue weighted by Crippen LogP contribution is -1.89. The molecular formula is C18H16FN3. The van der Waals surface area contributed by atoms with Crippen LogP contribution >= 0.6 is 0 Å². The SMILES string of the molecule is Fc1ccc(-c2nc(CC3CC3)[nH]c2-c2ccncc2)cc1. The molecule has 3 nitrogen and oxygen atoms in total. The van der Waals surface area contributed by atoms with E-state index in [2.05, 4.69) is 9.97 Å². The van der Waals surface area contributed by atoms with Crippen molar-refractivity contribution < 1.29 is 4.39 Å². The molecule has 2 aromatic heterocycles. The van der Waals surface area contributed by atoms with Crippen LogP contribution in [0.1, 0.15) is 18.7 Å². The van der Waals surface area contributed by atoms with Crippen LogP contribution in [0, 0.1) is 11.7 Å². The van der Waals surface area contributed by atoms with Crippen molar-refractivity contribution in [3.8, 4) is 22.5 Å². The van der Waals surface area contributed by atoms with E-state index >= 15 is 0 Å². The lowest BCUT2D eigenvalue weighted by atomic mass is 10.1. The Morgan fingerprint density at radius 1 is 1.00 bits per heavy atom. The summed E-state index contributed by atoms with van der Waals surface area (Å²) in [5.74, 6) is 1.54. The molecule has 22 heavy (non-hydrogen) atoms. The molecule has 4 rings (SSSR count). The van der Waals surface area contributed by atoms with Gasteiger partial charge in [-0.25, -0.2) is 9.37 Å². The van der Waals surface area contributed by atoms with Crippen molar-refractivity contribution in [2.75, 3.05) is 0 Å². The first-order chi connectivity index (χ1) is 10.8. The van der Waals surface area contributed by atoms with Crippen LogP contribution in [-0.2, 0) is 6.42 Å². The van der Waals surface area contributed by atoms with E-state index in [1.54, 1.807) is 24.5 Å². The lowest BCUT2D eigenvalue weighted by Gasteiger charge is -2.02. The molecule has 0 saturated heterocycles. The normalized spacial score (nSPS) is 14.2. The molecule has 0 radical (unpaired) electrons. The van der Waals surface area contributed by atoms with Crippen LogP contribution in [0.3, 0.4) is 0 Å². The molecular weight excluding hydrogens is 277 g/mol. The zero-order valence-corrected chi connectivity index (χ0v) is 12.1. The van der Waals surface area contributed by atoms with E-state index in [0.717, 1.165) is 40.7 Å². The first-order valence-electron chi connectivity index (χ1n) is 7.55. The molecule has 3 aromatic rings. The molecule has 1 fully saturated rings. The molecule has 0 amide bonds. The number of rotatable bonds is 4.